The van der Waals surface area contributed by atoms with Crippen molar-refractivity contribution in [2.24, 2.45) is 0 Å². The Labute approximate surface area is 147 Å². The van der Waals surface area contributed by atoms with E-state index >= 15 is 0 Å². The fourth-order valence-corrected chi connectivity index (χ4v) is 5.06. The van der Waals surface area contributed by atoms with Crippen molar-refractivity contribution < 1.29 is 9.53 Å². The molecule has 1 saturated carbocycles. The third-order valence-corrected chi connectivity index (χ3v) is 6.58. The number of rotatable bonds is 4. The summed E-state index contributed by atoms with van der Waals surface area (Å²) in [6.07, 6.45) is 9.53. The third kappa shape index (κ3) is 3.51. The minimum Gasteiger partial charge on any atom is -0.381 e. The molecule has 3 fully saturated rings. The molecule has 24 heavy (non-hydrogen) atoms. The second-order valence-electron chi connectivity index (χ2n) is 7.29. The number of ether oxygens (including phenoxy) is 1. The number of nitrogens with one attached hydrogen (secondary N) is 1. The first-order chi connectivity index (χ1) is 11.8. The predicted octanol–water partition coefficient (Wildman–Crippen LogP) is 3.38. The number of amides is 1. The van der Waals surface area contributed by atoms with Gasteiger partial charge in [-0.25, -0.2) is 4.98 Å². The molecule has 0 spiro atoms. The Morgan fingerprint density at radius 3 is 2.67 bits per heavy atom. The van der Waals surface area contributed by atoms with Crippen LogP contribution in [0.15, 0.2) is 5.38 Å². The van der Waals surface area contributed by atoms with Crippen molar-refractivity contribution in [3.63, 3.8) is 0 Å². The van der Waals surface area contributed by atoms with Crippen LogP contribution in [-0.2, 0) is 9.53 Å². The molecular formula is C18H27N3O2S. The van der Waals surface area contributed by atoms with Crippen LogP contribution in [0.25, 0.3) is 0 Å². The molecule has 1 unspecified atom stereocenters. The van der Waals surface area contributed by atoms with E-state index in [1.165, 1.54) is 37.8 Å². The number of aromatic nitrogens is 1. The first-order valence-electron chi connectivity index (χ1n) is 9.41. The van der Waals surface area contributed by atoms with Gasteiger partial charge in [-0.2, -0.15) is 0 Å². The Morgan fingerprint density at radius 1 is 1.17 bits per heavy atom. The van der Waals surface area contributed by atoms with Crippen LogP contribution in [0.5, 0.6) is 0 Å². The highest BCUT2D eigenvalue weighted by atomic mass is 32.1. The largest absolute Gasteiger partial charge is 0.381 e. The monoisotopic (exact) mass is 349 g/mol. The molecule has 1 aromatic rings. The van der Waals surface area contributed by atoms with Crippen molar-refractivity contribution in [1.29, 1.82) is 0 Å². The Balaban J connectivity index is 1.33. The summed E-state index contributed by atoms with van der Waals surface area (Å²) in [6, 6.07) is 0.535. The van der Waals surface area contributed by atoms with Crippen molar-refractivity contribution in [3.05, 3.63) is 11.1 Å². The van der Waals surface area contributed by atoms with Crippen LogP contribution in [-0.4, -0.2) is 47.6 Å². The van der Waals surface area contributed by atoms with Crippen molar-refractivity contribution in [2.75, 3.05) is 25.1 Å². The minimum atomic E-state index is 0.0233. The SMILES string of the molecule is O=C(Nc1nc(C2CCCCC2)cs1)C1CCN1C1CCOCC1. The maximum atomic E-state index is 12.6. The van der Waals surface area contributed by atoms with Gasteiger partial charge in [-0.15, -0.1) is 11.3 Å². The summed E-state index contributed by atoms with van der Waals surface area (Å²) in [5, 5.41) is 5.99. The number of carbonyl (C=O) groups excluding carboxylic acids is 1. The van der Waals surface area contributed by atoms with Gasteiger partial charge in [0.2, 0.25) is 5.91 Å². The molecule has 1 atom stereocenters. The van der Waals surface area contributed by atoms with Gasteiger partial charge in [0.05, 0.1) is 11.7 Å². The normalized spacial score (nSPS) is 26.9. The number of hydrogen-bond donors (Lipinski definition) is 1. The molecule has 4 rings (SSSR count). The Kier molecular flexibility index (Phi) is 5.15. The number of likely N-dealkylation sites (tertiary alicyclic amines) is 1. The van der Waals surface area contributed by atoms with Gasteiger partial charge in [-0.3, -0.25) is 9.69 Å². The van der Waals surface area contributed by atoms with Crippen molar-refractivity contribution >= 4 is 22.4 Å². The first-order valence-corrected chi connectivity index (χ1v) is 10.3. The summed E-state index contributed by atoms with van der Waals surface area (Å²) >= 11 is 1.58. The van der Waals surface area contributed by atoms with Crippen molar-refractivity contribution in [2.45, 2.75) is 69.4 Å². The van der Waals surface area contributed by atoms with Crippen LogP contribution in [0, 0.1) is 0 Å². The van der Waals surface area contributed by atoms with E-state index in [1.807, 2.05) is 0 Å². The highest BCUT2D eigenvalue weighted by Crippen LogP contribution is 2.34. The van der Waals surface area contributed by atoms with Gasteiger partial charge in [0.25, 0.3) is 0 Å². The summed E-state index contributed by atoms with van der Waals surface area (Å²) in [5.41, 5.74) is 1.19. The molecule has 3 aliphatic rings. The highest BCUT2D eigenvalue weighted by molar-refractivity contribution is 7.13. The summed E-state index contributed by atoms with van der Waals surface area (Å²) in [5.74, 6) is 0.723. The number of hydrogen-bond acceptors (Lipinski definition) is 5. The molecule has 2 saturated heterocycles. The lowest BCUT2D eigenvalue weighted by molar-refractivity contribution is -0.129. The van der Waals surface area contributed by atoms with Crippen molar-refractivity contribution in [1.82, 2.24) is 9.88 Å². The Morgan fingerprint density at radius 2 is 1.96 bits per heavy atom. The van der Waals surface area contributed by atoms with E-state index in [4.69, 9.17) is 9.72 Å². The van der Waals surface area contributed by atoms with Gasteiger partial charge < -0.3 is 10.1 Å². The van der Waals surface area contributed by atoms with Crippen LogP contribution >= 0.6 is 11.3 Å². The molecular weight excluding hydrogens is 322 g/mol. The molecule has 1 aliphatic carbocycles. The lowest BCUT2D eigenvalue weighted by atomic mass is 9.87. The van der Waals surface area contributed by atoms with Gasteiger partial charge in [-0.1, -0.05) is 19.3 Å². The number of carbonyl (C=O) groups is 1. The van der Waals surface area contributed by atoms with E-state index in [9.17, 15) is 4.79 Å². The molecule has 1 N–H and O–H groups in total. The zero-order valence-corrected chi connectivity index (χ0v) is 15.0. The Bertz CT molecular complexity index is 564. The summed E-state index contributed by atoms with van der Waals surface area (Å²) in [7, 11) is 0. The summed E-state index contributed by atoms with van der Waals surface area (Å²) < 4.78 is 5.43. The van der Waals surface area contributed by atoms with Gasteiger partial charge in [0.1, 0.15) is 0 Å². The average molecular weight is 350 g/mol. The summed E-state index contributed by atoms with van der Waals surface area (Å²) in [4.78, 5) is 19.7. The molecule has 2 aliphatic heterocycles. The van der Waals surface area contributed by atoms with Gasteiger partial charge in [0.15, 0.2) is 5.13 Å². The first kappa shape index (κ1) is 16.5. The van der Waals surface area contributed by atoms with Crippen LogP contribution in [0.1, 0.15) is 63.0 Å². The average Bonchev–Trinajstić information content (AvgIpc) is 3.04. The molecule has 0 aromatic carbocycles. The summed E-state index contributed by atoms with van der Waals surface area (Å²) in [6.45, 7) is 2.69. The number of thiazole rings is 1. The van der Waals surface area contributed by atoms with Crippen LogP contribution in [0.3, 0.4) is 0 Å². The standard InChI is InChI=1S/C18H27N3O2S/c22-17(16-6-9-21(16)14-7-10-23-11-8-14)20-18-19-15(12-24-18)13-4-2-1-3-5-13/h12-14,16H,1-11H2,(H,19,20,22). The lowest BCUT2D eigenvalue weighted by Crippen LogP contribution is -2.59. The smallest absolute Gasteiger partial charge is 0.243 e. The van der Waals surface area contributed by atoms with E-state index in [1.54, 1.807) is 11.3 Å². The molecule has 0 radical (unpaired) electrons. The maximum absolute atomic E-state index is 12.6. The van der Waals surface area contributed by atoms with E-state index in [-0.39, 0.29) is 11.9 Å². The van der Waals surface area contributed by atoms with Crippen molar-refractivity contribution in [3.8, 4) is 0 Å². The maximum Gasteiger partial charge on any atom is 0.243 e. The third-order valence-electron chi connectivity index (χ3n) is 5.80. The topological polar surface area (TPSA) is 54.5 Å². The highest BCUT2D eigenvalue weighted by Gasteiger charge is 2.39. The molecule has 1 amide bonds. The van der Waals surface area contributed by atoms with Crippen LogP contribution < -0.4 is 5.32 Å². The molecule has 6 heteroatoms. The second kappa shape index (κ2) is 7.50. The molecule has 0 bridgehead atoms. The molecule has 132 valence electrons. The predicted molar refractivity (Wildman–Crippen MR) is 95.5 cm³/mol. The fraction of sp³-hybridized carbons (Fsp3) is 0.778. The van der Waals surface area contributed by atoms with Crippen LogP contribution in [0.4, 0.5) is 5.13 Å². The van der Waals surface area contributed by atoms with E-state index in [2.05, 4.69) is 15.6 Å². The van der Waals surface area contributed by atoms with Gasteiger partial charge in [0, 0.05) is 37.1 Å². The van der Waals surface area contributed by atoms with E-state index < -0.39 is 0 Å². The van der Waals surface area contributed by atoms with E-state index in [0.29, 0.717) is 12.0 Å². The molecule has 5 nitrogen and oxygen atoms in total. The Hall–Kier alpha value is -0.980. The van der Waals surface area contributed by atoms with E-state index in [0.717, 1.165) is 44.2 Å². The molecule has 3 heterocycles. The quantitative estimate of drug-likeness (QED) is 0.905. The fourth-order valence-electron chi connectivity index (χ4n) is 4.26. The lowest BCUT2D eigenvalue weighted by Gasteiger charge is -2.46. The van der Waals surface area contributed by atoms with Gasteiger partial charge >= 0.3 is 0 Å². The second-order valence-corrected chi connectivity index (χ2v) is 8.15. The zero-order chi connectivity index (χ0) is 16.4. The number of nitrogens with zero attached hydrogens (tertiary/aromatic N) is 2. The van der Waals surface area contributed by atoms with Crippen LogP contribution in [0.2, 0.25) is 0 Å². The zero-order valence-electron chi connectivity index (χ0n) is 14.2. The molecule has 1 aromatic heterocycles. The number of anilines is 1. The minimum absolute atomic E-state index is 0.0233. The van der Waals surface area contributed by atoms with Gasteiger partial charge in [-0.05, 0) is 32.1 Å².